The number of aromatic carboxylic acids is 2. The molecule has 9 atom stereocenters. The first-order chi connectivity index (χ1) is 24.2. The molecular weight excluding hydrogens is 659 g/mol. The molecule has 4 N–H and O–H groups in total. The molecule has 0 spiro atoms. The van der Waals surface area contributed by atoms with E-state index in [1.165, 1.54) is 101 Å². The van der Waals surface area contributed by atoms with Crippen LogP contribution in [0.4, 0.5) is 0 Å². The Kier molecular flexibility index (Phi) is 13.3. The quantitative estimate of drug-likeness (QED) is 0.154. The molecule has 6 rings (SSSR count). The summed E-state index contributed by atoms with van der Waals surface area (Å²) in [5.74, 6) is 3.45. The van der Waals surface area contributed by atoms with Crippen molar-refractivity contribution < 1.29 is 59.6 Å². The Labute approximate surface area is 334 Å². The number of carboxylic acid groups (broad SMARTS) is 2. The normalized spacial score (nSPS) is 31.7. The Morgan fingerprint density at radius 3 is 1.92 bits per heavy atom. The van der Waals surface area contributed by atoms with Gasteiger partial charge in [-0.05, 0) is 158 Å². The number of hydrogen-bond acceptors (Lipinski definition) is 4. The standard InChI is InChI=1S/C45H64O6.Na/c1-27(2)8-6-9-28(3)37-16-17-38-34-15-14-32-24-29(20-22-44(32,4)39(34)21-23-45(37,38)5)10-7-11-33(30-12-18-40(46)35(25-30)42(48)49)31-13-19-41(47)36(26-31)43(50)51;/h12-13,18-19,25-29,32-34,37-39,46-47H,6-11,14-17,20-24H2,1-5H3,(H,48,49)(H,50,51);/q;+1/t28-,29+,32+,34+,37-,38+,39+,44+,45-;/m1./s1. The van der Waals surface area contributed by atoms with Crippen molar-refractivity contribution in [2.24, 2.45) is 58.2 Å². The zero-order chi connectivity index (χ0) is 36.7. The molecule has 52 heavy (non-hydrogen) atoms. The minimum atomic E-state index is -1.20. The molecule has 4 aliphatic rings. The van der Waals surface area contributed by atoms with Crippen LogP contribution < -0.4 is 29.6 Å². The van der Waals surface area contributed by atoms with Gasteiger partial charge < -0.3 is 20.4 Å². The van der Waals surface area contributed by atoms with Crippen LogP contribution >= 0.6 is 0 Å². The maximum atomic E-state index is 11.9. The van der Waals surface area contributed by atoms with Crippen LogP contribution in [0, 0.1) is 58.2 Å². The maximum Gasteiger partial charge on any atom is 1.00 e. The van der Waals surface area contributed by atoms with E-state index < -0.39 is 11.9 Å². The monoisotopic (exact) mass is 723 g/mol. The smallest absolute Gasteiger partial charge is 0.507 e. The van der Waals surface area contributed by atoms with E-state index in [1.807, 2.05) is 0 Å². The summed E-state index contributed by atoms with van der Waals surface area (Å²) in [5, 5.41) is 39.8. The van der Waals surface area contributed by atoms with Crippen LogP contribution in [-0.4, -0.2) is 32.4 Å². The molecule has 0 bridgehead atoms. The molecule has 6 nitrogen and oxygen atoms in total. The van der Waals surface area contributed by atoms with Gasteiger partial charge in [0.15, 0.2) is 0 Å². The number of carboxylic acids is 2. The van der Waals surface area contributed by atoms with Gasteiger partial charge in [-0.1, -0.05) is 78.9 Å². The largest absolute Gasteiger partial charge is 1.00 e. The zero-order valence-electron chi connectivity index (χ0n) is 32.9. The predicted octanol–water partition coefficient (Wildman–Crippen LogP) is 8.54. The van der Waals surface area contributed by atoms with Gasteiger partial charge in [0.25, 0.3) is 0 Å². The first-order valence-corrected chi connectivity index (χ1v) is 20.3. The number of rotatable bonds is 13. The Morgan fingerprint density at radius 2 is 1.33 bits per heavy atom. The molecule has 0 aromatic heterocycles. The van der Waals surface area contributed by atoms with Gasteiger partial charge in [-0.2, -0.15) is 0 Å². The van der Waals surface area contributed by atoms with Crippen LogP contribution in [0.15, 0.2) is 36.4 Å². The first-order valence-electron chi connectivity index (χ1n) is 20.3. The summed E-state index contributed by atoms with van der Waals surface area (Å²) in [4.78, 5) is 23.7. The fourth-order valence-electron chi connectivity index (χ4n) is 12.7. The Hall–Kier alpha value is -2.02. The number of fused-ring (bicyclic) bond motifs is 5. The Morgan fingerprint density at radius 1 is 0.731 bits per heavy atom. The van der Waals surface area contributed by atoms with E-state index in [1.54, 1.807) is 12.1 Å². The number of aromatic hydroxyl groups is 2. The van der Waals surface area contributed by atoms with Gasteiger partial charge in [0.05, 0.1) is 0 Å². The fourth-order valence-corrected chi connectivity index (χ4v) is 12.7. The van der Waals surface area contributed by atoms with Crippen LogP contribution in [0.1, 0.15) is 169 Å². The summed E-state index contributed by atoms with van der Waals surface area (Å²) in [6.07, 6.45) is 19.3. The summed E-state index contributed by atoms with van der Waals surface area (Å²) >= 11 is 0. The first kappa shape index (κ1) is 41.1. The van der Waals surface area contributed by atoms with Gasteiger partial charge in [-0.25, -0.2) is 9.59 Å². The summed E-state index contributed by atoms with van der Waals surface area (Å²) < 4.78 is 0. The van der Waals surface area contributed by atoms with Crippen molar-refractivity contribution >= 4 is 11.9 Å². The van der Waals surface area contributed by atoms with Crippen LogP contribution in [0.5, 0.6) is 11.5 Å². The molecule has 7 heteroatoms. The number of carbonyl (C=O) groups is 2. The third-order valence-electron chi connectivity index (χ3n) is 15.4. The molecule has 0 heterocycles. The molecule has 2 aromatic rings. The van der Waals surface area contributed by atoms with Crippen molar-refractivity contribution in [1.82, 2.24) is 0 Å². The molecule has 0 aliphatic heterocycles. The van der Waals surface area contributed by atoms with Crippen LogP contribution in [-0.2, 0) is 0 Å². The summed E-state index contributed by atoms with van der Waals surface area (Å²) in [6, 6.07) is 9.32. The molecule has 4 fully saturated rings. The Balaban J connectivity index is 0.00000523. The SMILES string of the molecule is CC(C)CCC[C@@H](C)[C@H]1CC[C@H]2[C@@H]3CC[C@H]4C[C@@H](CCCC(c5ccc(O)c(C(=O)O)c5)c5ccc(O)c(C(=O)O)c5)CC[C@]4(C)[C@H]3CC[C@]12C.[Na+]. The number of benzene rings is 2. The summed E-state index contributed by atoms with van der Waals surface area (Å²) in [7, 11) is 0. The van der Waals surface area contributed by atoms with Gasteiger partial charge in [-0.15, -0.1) is 0 Å². The van der Waals surface area contributed by atoms with Crippen LogP contribution in [0.2, 0.25) is 0 Å². The van der Waals surface area contributed by atoms with E-state index in [0.29, 0.717) is 16.7 Å². The van der Waals surface area contributed by atoms with Gasteiger partial charge in [0.1, 0.15) is 22.6 Å². The molecule has 0 amide bonds. The second-order valence-electron chi connectivity index (χ2n) is 18.5. The number of phenols is 2. The average molecular weight is 724 g/mol. The van der Waals surface area contributed by atoms with Crippen LogP contribution in [0.25, 0.3) is 0 Å². The molecule has 280 valence electrons. The van der Waals surface area contributed by atoms with E-state index >= 15 is 0 Å². The van der Waals surface area contributed by atoms with E-state index in [0.717, 1.165) is 71.8 Å². The van der Waals surface area contributed by atoms with E-state index in [-0.39, 0.29) is 58.1 Å². The van der Waals surface area contributed by atoms with Crippen molar-refractivity contribution in [2.75, 3.05) is 0 Å². The van der Waals surface area contributed by atoms with Gasteiger partial charge >= 0.3 is 41.5 Å². The van der Waals surface area contributed by atoms with Crippen molar-refractivity contribution in [3.63, 3.8) is 0 Å². The topological polar surface area (TPSA) is 115 Å². The van der Waals surface area contributed by atoms with Gasteiger partial charge in [-0.3, -0.25) is 0 Å². The Bertz CT molecular complexity index is 1510. The van der Waals surface area contributed by atoms with Gasteiger partial charge in [0, 0.05) is 5.92 Å². The number of hydrogen-bond donors (Lipinski definition) is 4. The zero-order valence-corrected chi connectivity index (χ0v) is 34.9. The summed E-state index contributed by atoms with van der Waals surface area (Å²) in [5.41, 5.74) is 2.10. The van der Waals surface area contributed by atoms with E-state index in [4.69, 9.17) is 0 Å². The third-order valence-corrected chi connectivity index (χ3v) is 15.4. The molecule has 0 radical (unpaired) electrons. The van der Waals surface area contributed by atoms with E-state index in [9.17, 15) is 30.0 Å². The molecular formula is C45H64NaO6+. The molecule has 4 aliphatic carbocycles. The molecule has 0 unspecified atom stereocenters. The van der Waals surface area contributed by atoms with Crippen molar-refractivity contribution in [1.29, 1.82) is 0 Å². The summed E-state index contributed by atoms with van der Waals surface area (Å²) in [6.45, 7) is 12.7. The third kappa shape index (κ3) is 8.15. The molecule has 0 saturated heterocycles. The second-order valence-corrected chi connectivity index (χ2v) is 18.5. The average Bonchev–Trinajstić information content (AvgIpc) is 3.44. The molecule has 4 saturated carbocycles. The fraction of sp³-hybridized carbons (Fsp3) is 0.689. The van der Waals surface area contributed by atoms with Crippen molar-refractivity contribution in [3.05, 3.63) is 58.7 Å². The van der Waals surface area contributed by atoms with Gasteiger partial charge in [0.2, 0.25) is 0 Å². The molecule has 2 aromatic carbocycles. The van der Waals surface area contributed by atoms with Crippen molar-refractivity contribution in [3.8, 4) is 11.5 Å². The minimum Gasteiger partial charge on any atom is -0.507 e. The second kappa shape index (κ2) is 16.8. The maximum absolute atomic E-state index is 11.9. The van der Waals surface area contributed by atoms with E-state index in [2.05, 4.69) is 34.6 Å². The van der Waals surface area contributed by atoms with Crippen LogP contribution in [0.3, 0.4) is 0 Å². The predicted molar refractivity (Wildman–Crippen MR) is 202 cm³/mol. The van der Waals surface area contributed by atoms with Crippen molar-refractivity contribution in [2.45, 2.75) is 137 Å². The minimum absolute atomic E-state index is 0.